The third-order valence-corrected chi connectivity index (χ3v) is 5.66. The number of hydrogen-bond donors (Lipinski definition) is 0. The molecule has 0 N–H and O–H groups in total. The van der Waals surface area contributed by atoms with Gasteiger partial charge in [-0.05, 0) is 73.9 Å². The summed E-state index contributed by atoms with van der Waals surface area (Å²) in [6, 6.07) is 17.5. The molecule has 2 aromatic carbocycles. The van der Waals surface area contributed by atoms with Gasteiger partial charge in [-0.2, -0.15) is 0 Å². The van der Waals surface area contributed by atoms with Crippen LogP contribution in [0.3, 0.4) is 0 Å². The lowest BCUT2D eigenvalue weighted by Gasteiger charge is -2.21. The molecule has 0 aliphatic heterocycles. The molecule has 1 fully saturated rings. The zero-order valence-corrected chi connectivity index (χ0v) is 16.7. The topological polar surface area (TPSA) is 0 Å². The van der Waals surface area contributed by atoms with Gasteiger partial charge in [-0.25, -0.2) is 0 Å². The van der Waals surface area contributed by atoms with Crippen molar-refractivity contribution in [2.24, 2.45) is 5.92 Å². The Bertz CT molecular complexity index is 760. The average Bonchev–Trinajstić information content (AvgIpc) is 2.73. The lowest BCUT2D eigenvalue weighted by molar-refractivity contribution is 0.339. The predicted molar refractivity (Wildman–Crippen MR) is 117 cm³/mol. The van der Waals surface area contributed by atoms with Crippen molar-refractivity contribution in [3.63, 3.8) is 0 Å². The van der Waals surface area contributed by atoms with Crippen molar-refractivity contribution in [3.8, 4) is 11.8 Å². The fourth-order valence-corrected chi connectivity index (χ4v) is 3.92. The van der Waals surface area contributed by atoms with Crippen molar-refractivity contribution in [1.29, 1.82) is 0 Å². The van der Waals surface area contributed by atoms with Crippen molar-refractivity contribution in [2.45, 2.75) is 64.7 Å². The van der Waals surface area contributed by atoms with Gasteiger partial charge in [0.25, 0.3) is 0 Å². The Labute approximate surface area is 165 Å². The third-order valence-electron chi connectivity index (χ3n) is 5.66. The normalized spacial score (nSPS) is 14.9. The van der Waals surface area contributed by atoms with E-state index in [9.17, 15) is 0 Å². The van der Waals surface area contributed by atoms with Gasteiger partial charge in [0.15, 0.2) is 0 Å². The summed E-state index contributed by atoms with van der Waals surface area (Å²) in [6.45, 7) is 2.07. The molecule has 1 saturated carbocycles. The molecule has 0 spiro atoms. The molecule has 1 aliphatic rings. The van der Waals surface area contributed by atoms with E-state index in [0.29, 0.717) is 0 Å². The van der Waals surface area contributed by atoms with Gasteiger partial charge in [0.05, 0.1) is 0 Å². The maximum atomic E-state index is 3.30. The van der Waals surface area contributed by atoms with Crippen LogP contribution >= 0.6 is 0 Å². The summed E-state index contributed by atoms with van der Waals surface area (Å²) in [4.78, 5) is 0. The lowest BCUT2D eigenvalue weighted by atomic mass is 9.85. The van der Waals surface area contributed by atoms with Gasteiger partial charge in [-0.15, -0.1) is 0 Å². The van der Waals surface area contributed by atoms with Crippen LogP contribution in [0.4, 0.5) is 0 Å². The third kappa shape index (κ3) is 6.76. The fourth-order valence-electron chi connectivity index (χ4n) is 3.92. The smallest absolute Gasteiger partial charge is 0.0249 e. The molecule has 0 heterocycles. The van der Waals surface area contributed by atoms with E-state index in [1.807, 2.05) is 0 Å². The minimum atomic E-state index is 0.958. The summed E-state index contributed by atoms with van der Waals surface area (Å²) in [5.41, 5.74) is 5.03. The largest absolute Gasteiger partial charge is 0.0917 e. The van der Waals surface area contributed by atoms with E-state index < -0.39 is 0 Å². The summed E-state index contributed by atoms with van der Waals surface area (Å²) in [6.07, 6.45) is 16.3. The molecular formula is C27H32. The number of rotatable bonds is 6. The van der Waals surface area contributed by atoms with Gasteiger partial charge in [0.2, 0.25) is 0 Å². The molecule has 140 valence electrons. The molecule has 0 atom stereocenters. The summed E-state index contributed by atoms with van der Waals surface area (Å²) in [5, 5.41) is 0. The Morgan fingerprint density at radius 1 is 0.778 bits per heavy atom. The van der Waals surface area contributed by atoms with Crippen LogP contribution in [0, 0.1) is 17.8 Å². The maximum Gasteiger partial charge on any atom is 0.0249 e. The molecular weight excluding hydrogens is 324 g/mol. The second kappa shape index (κ2) is 10.8. The number of aryl methyl sites for hydroxylation is 2. The van der Waals surface area contributed by atoms with Crippen molar-refractivity contribution in [2.75, 3.05) is 0 Å². The minimum Gasteiger partial charge on any atom is -0.0917 e. The second-order valence-electron chi connectivity index (χ2n) is 7.79. The molecule has 2 aromatic rings. The van der Waals surface area contributed by atoms with Crippen LogP contribution in [-0.2, 0) is 12.8 Å². The Balaban J connectivity index is 1.50. The van der Waals surface area contributed by atoms with Gasteiger partial charge in [-0.3, -0.25) is 0 Å². The maximum absolute atomic E-state index is 3.30. The standard InChI is InChI=1S/C27H32/c1-2-3-5-8-24-12-15-26(16-13-24)19-22-27-20-17-25(18-21-27)14-11-23-9-6-4-7-10-23/h2-3,12-13,15-18,20-21,23H,4-11,14H2,1H3/b3-2+. The first-order valence-electron chi connectivity index (χ1n) is 10.6. The van der Waals surface area contributed by atoms with Crippen LogP contribution in [0.2, 0.25) is 0 Å². The first-order valence-corrected chi connectivity index (χ1v) is 10.6. The molecule has 0 unspecified atom stereocenters. The number of hydrogen-bond acceptors (Lipinski definition) is 0. The highest BCUT2D eigenvalue weighted by Gasteiger charge is 2.12. The van der Waals surface area contributed by atoms with Crippen LogP contribution in [0.25, 0.3) is 0 Å². The van der Waals surface area contributed by atoms with E-state index in [4.69, 9.17) is 0 Å². The van der Waals surface area contributed by atoms with Crippen molar-refractivity contribution in [3.05, 3.63) is 82.9 Å². The fraction of sp³-hybridized carbons (Fsp3) is 0.407. The second-order valence-corrected chi connectivity index (χ2v) is 7.79. The van der Waals surface area contributed by atoms with Gasteiger partial charge < -0.3 is 0 Å². The van der Waals surface area contributed by atoms with E-state index in [1.165, 1.54) is 56.1 Å². The van der Waals surface area contributed by atoms with E-state index in [2.05, 4.69) is 79.4 Å². The summed E-state index contributed by atoms with van der Waals surface area (Å²) in [5.74, 6) is 7.56. The summed E-state index contributed by atoms with van der Waals surface area (Å²) < 4.78 is 0. The summed E-state index contributed by atoms with van der Waals surface area (Å²) in [7, 11) is 0. The van der Waals surface area contributed by atoms with Gasteiger partial charge in [0, 0.05) is 11.1 Å². The molecule has 0 nitrogen and oxygen atoms in total. The van der Waals surface area contributed by atoms with Gasteiger partial charge >= 0.3 is 0 Å². The zero-order chi connectivity index (χ0) is 18.7. The van der Waals surface area contributed by atoms with Crippen LogP contribution < -0.4 is 0 Å². The van der Waals surface area contributed by atoms with Gasteiger partial charge in [-0.1, -0.05) is 80.4 Å². The molecule has 0 amide bonds. The first kappa shape index (κ1) is 19.5. The Morgan fingerprint density at radius 3 is 1.89 bits per heavy atom. The molecule has 0 bridgehead atoms. The molecule has 3 rings (SSSR count). The molecule has 0 heteroatoms. The van der Waals surface area contributed by atoms with E-state index in [0.717, 1.165) is 29.9 Å². The minimum absolute atomic E-state index is 0.958. The molecule has 0 aromatic heterocycles. The predicted octanol–water partition coefficient (Wildman–Crippen LogP) is 7.11. The Hall–Kier alpha value is -2.26. The molecule has 27 heavy (non-hydrogen) atoms. The monoisotopic (exact) mass is 356 g/mol. The average molecular weight is 357 g/mol. The highest BCUT2D eigenvalue weighted by Crippen LogP contribution is 2.27. The van der Waals surface area contributed by atoms with Crippen molar-refractivity contribution >= 4 is 0 Å². The first-order chi connectivity index (χ1) is 13.3. The number of benzene rings is 2. The Morgan fingerprint density at radius 2 is 1.33 bits per heavy atom. The number of allylic oxidation sites excluding steroid dienone is 2. The van der Waals surface area contributed by atoms with Crippen LogP contribution in [-0.4, -0.2) is 0 Å². The Kier molecular flexibility index (Phi) is 7.79. The van der Waals surface area contributed by atoms with Crippen LogP contribution in [0.15, 0.2) is 60.7 Å². The van der Waals surface area contributed by atoms with Crippen LogP contribution in [0.5, 0.6) is 0 Å². The zero-order valence-electron chi connectivity index (χ0n) is 16.7. The van der Waals surface area contributed by atoms with E-state index in [-0.39, 0.29) is 0 Å². The highest BCUT2D eigenvalue weighted by molar-refractivity contribution is 5.44. The SMILES string of the molecule is C/C=C/CCc1ccc(C#Cc2ccc(CCC3CCCCC3)cc2)cc1. The van der Waals surface area contributed by atoms with E-state index in [1.54, 1.807) is 0 Å². The lowest BCUT2D eigenvalue weighted by Crippen LogP contribution is -2.07. The highest BCUT2D eigenvalue weighted by atomic mass is 14.2. The summed E-state index contributed by atoms with van der Waals surface area (Å²) >= 11 is 0. The molecule has 1 aliphatic carbocycles. The molecule has 0 radical (unpaired) electrons. The molecule has 0 saturated heterocycles. The van der Waals surface area contributed by atoms with Crippen LogP contribution in [0.1, 0.15) is 74.1 Å². The van der Waals surface area contributed by atoms with Crippen molar-refractivity contribution < 1.29 is 0 Å². The van der Waals surface area contributed by atoms with E-state index >= 15 is 0 Å². The quantitative estimate of drug-likeness (QED) is 0.382. The van der Waals surface area contributed by atoms with Gasteiger partial charge in [0.1, 0.15) is 0 Å². The van der Waals surface area contributed by atoms with Crippen molar-refractivity contribution in [1.82, 2.24) is 0 Å².